The second kappa shape index (κ2) is 7.17. The van der Waals surface area contributed by atoms with E-state index in [1.807, 2.05) is 0 Å². The van der Waals surface area contributed by atoms with Crippen molar-refractivity contribution in [1.82, 2.24) is 9.97 Å². The summed E-state index contributed by atoms with van der Waals surface area (Å²) in [5, 5.41) is 16.6. The van der Waals surface area contributed by atoms with Gasteiger partial charge in [-0.15, -0.1) is 6.58 Å². The highest BCUT2D eigenvalue weighted by molar-refractivity contribution is 5.69. The van der Waals surface area contributed by atoms with E-state index in [-0.39, 0.29) is 17.3 Å². The van der Waals surface area contributed by atoms with Gasteiger partial charge in [0.25, 0.3) is 0 Å². The van der Waals surface area contributed by atoms with Gasteiger partial charge >= 0.3 is 5.69 Å². The van der Waals surface area contributed by atoms with Crippen LogP contribution in [-0.4, -0.2) is 41.7 Å². The minimum absolute atomic E-state index is 0.162. The third kappa shape index (κ3) is 3.67. The van der Waals surface area contributed by atoms with Crippen LogP contribution in [0.2, 0.25) is 0 Å². The molecular formula is C10H15N5O3. The molecule has 18 heavy (non-hydrogen) atoms. The number of hydrogen-bond acceptors (Lipinski definition) is 7. The molecule has 0 aliphatic carbocycles. The first kappa shape index (κ1) is 13.8. The molecule has 0 aliphatic rings. The van der Waals surface area contributed by atoms with E-state index >= 15 is 0 Å². The number of ether oxygens (including phenoxy) is 1. The van der Waals surface area contributed by atoms with Gasteiger partial charge in [-0.05, 0) is 0 Å². The van der Waals surface area contributed by atoms with Crippen LogP contribution in [0.25, 0.3) is 0 Å². The molecule has 98 valence electrons. The van der Waals surface area contributed by atoms with E-state index in [9.17, 15) is 10.1 Å². The van der Waals surface area contributed by atoms with Crippen LogP contribution in [0, 0.1) is 10.1 Å². The van der Waals surface area contributed by atoms with E-state index in [0.717, 1.165) is 0 Å². The molecule has 0 saturated heterocycles. The molecule has 1 aromatic heterocycles. The first-order valence-electron chi connectivity index (χ1n) is 5.27. The van der Waals surface area contributed by atoms with E-state index in [1.165, 1.54) is 6.33 Å². The molecule has 8 nitrogen and oxygen atoms in total. The Labute approximate surface area is 104 Å². The summed E-state index contributed by atoms with van der Waals surface area (Å²) >= 11 is 0. The van der Waals surface area contributed by atoms with Crippen LogP contribution in [0.15, 0.2) is 19.0 Å². The Hall–Kier alpha value is -2.22. The molecule has 8 heteroatoms. The summed E-state index contributed by atoms with van der Waals surface area (Å²) in [5.74, 6) is 0.327. The number of nitro groups is 1. The van der Waals surface area contributed by atoms with Crippen LogP contribution >= 0.6 is 0 Å². The quantitative estimate of drug-likeness (QED) is 0.309. The van der Waals surface area contributed by atoms with Gasteiger partial charge in [-0.25, -0.2) is 9.97 Å². The largest absolute Gasteiger partial charge is 0.383 e. The summed E-state index contributed by atoms with van der Waals surface area (Å²) in [6, 6.07) is 0. The molecule has 0 amide bonds. The Morgan fingerprint density at radius 2 is 2.17 bits per heavy atom. The SMILES string of the molecule is C=CCNc1ncnc(NCCOC)c1[N+](=O)[O-]. The highest BCUT2D eigenvalue weighted by Gasteiger charge is 2.22. The van der Waals surface area contributed by atoms with Crippen molar-refractivity contribution in [1.29, 1.82) is 0 Å². The van der Waals surface area contributed by atoms with Gasteiger partial charge < -0.3 is 15.4 Å². The molecule has 0 spiro atoms. The van der Waals surface area contributed by atoms with Crippen molar-refractivity contribution >= 4 is 17.3 Å². The van der Waals surface area contributed by atoms with Gasteiger partial charge in [0.15, 0.2) is 0 Å². The summed E-state index contributed by atoms with van der Waals surface area (Å²) in [5.41, 5.74) is -0.185. The molecule has 1 rings (SSSR count). The fraction of sp³-hybridized carbons (Fsp3) is 0.400. The maximum atomic E-state index is 11.0. The normalized spacial score (nSPS) is 9.83. The van der Waals surface area contributed by atoms with Crippen molar-refractivity contribution in [3.05, 3.63) is 29.1 Å². The Bertz CT molecular complexity index is 424. The Balaban J connectivity index is 2.93. The predicted octanol–water partition coefficient (Wildman–Crippen LogP) is 1.04. The number of methoxy groups -OCH3 is 1. The van der Waals surface area contributed by atoms with Crippen molar-refractivity contribution in [2.45, 2.75) is 0 Å². The zero-order valence-corrected chi connectivity index (χ0v) is 10.0. The van der Waals surface area contributed by atoms with Crippen molar-refractivity contribution < 1.29 is 9.66 Å². The molecule has 0 atom stereocenters. The minimum atomic E-state index is -0.527. The Morgan fingerprint density at radius 3 is 2.72 bits per heavy atom. The monoisotopic (exact) mass is 253 g/mol. The highest BCUT2D eigenvalue weighted by Crippen LogP contribution is 2.28. The van der Waals surface area contributed by atoms with Gasteiger partial charge in [0.1, 0.15) is 6.33 Å². The maximum Gasteiger partial charge on any atom is 0.353 e. The van der Waals surface area contributed by atoms with Crippen LogP contribution in [-0.2, 0) is 4.74 Å². The number of anilines is 2. The zero-order chi connectivity index (χ0) is 13.4. The molecule has 1 aromatic rings. The lowest BCUT2D eigenvalue weighted by Gasteiger charge is -2.08. The van der Waals surface area contributed by atoms with E-state index in [0.29, 0.717) is 19.7 Å². The zero-order valence-electron chi connectivity index (χ0n) is 10.0. The minimum Gasteiger partial charge on any atom is -0.383 e. The lowest BCUT2D eigenvalue weighted by Crippen LogP contribution is -2.13. The molecule has 0 radical (unpaired) electrons. The molecule has 0 unspecified atom stereocenters. The Kier molecular flexibility index (Phi) is 5.52. The number of hydrogen-bond donors (Lipinski definition) is 2. The smallest absolute Gasteiger partial charge is 0.353 e. The fourth-order valence-electron chi connectivity index (χ4n) is 1.25. The van der Waals surface area contributed by atoms with E-state index in [1.54, 1.807) is 13.2 Å². The van der Waals surface area contributed by atoms with Crippen LogP contribution in [0.5, 0.6) is 0 Å². The van der Waals surface area contributed by atoms with E-state index in [2.05, 4.69) is 27.2 Å². The van der Waals surface area contributed by atoms with E-state index in [4.69, 9.17) is 4.74 Å². The first-order chi connectivity index (χ1) is 8.70. The topological polar surface area (TPSA) is 102 Å². The molecule has 0 fully saturated rings. The summed E-state index contributed by atoms with van der Waals surface area (Å²) < 4.78 is 4.85. The molecule has 1 heterocycles. The summed E-state index contributed by atoms with van der Waals surface area (Å²) in [4.78, 5) is 18.2. The summed E-state index contributed by atoms with van der Waals surface area (Å²) in [6.07, 6.45) is 2.84. The lowest BCUT2D eigenvalue weighted by molar-refractivity contribution is -0.383. The Morgan fingerprint density at radius 1 is 1.50 bits per heavy atom. The van der Waals surface area contributed by atoms with Gasteiger partial charge in [0.2, 0.25) is 11.6 Å². The number of nitrogens with one attached hydrogen (secondary N) is 2. The summed E-state index contributed by atoms with van der Waals surface area (Å²) in [7, 11) is 1.55. The standard InChI is InChI=1S/C10H15N5O3/c1-3-4-11-9-8(15(16)17)10(14-7-13-9)12-5-6-18-2/h3,7H,1,4-6H2,2H3,(H2,11,12,13,14). The predicted molar refractivity (Wildman–Crippen MR) is 67.7 cm³/mol. The summed E-state index contributed by atoms with van der Waals surface area (Å²) in [6.45, 7) is 4.76. The molecular weight excluding hydrogens is 238 g/mol. The van der Waals surface area contributed by atoms with Crippen LogP contribution < -0.4 is 10.6 Å². The van der Waals surface area contributed by atoms with Crippen molar-refractivity contribution in [3.8, 4) is 0 Å². The van der Waals surface area contributed by atoms with Crippen molar-refractivity contribution in [3.63, 3.8) is 0 Å². The second-order valence-electron chi connectivity index (χ2n) is 3.27. The molecule has 0 saturated carbocycles. The fourth-order valence-corrected chi connectivity index (χ4v) is 1.25. The van der Waals surface area contributed by atoms with Gasteiger partial charge in [0.05, 0.1) is 11.5 Å². The molecule has 0 aliphatic heterocycles. The van der Waals surface area contributed by atoms with Crippen LogP contribution in [0.1, 0.15) is 0 Å². The van der Waals surface area contributed by atoms with Crippen LogP contribution in [0.3, 0.4) is 0 Å². The van der Waals surface area contributed by atoms with Gasteiger partial charge in [-0.3, -0.25) is 10.1 Å². The first-order valence-corrected chi connectivity index (χ1v) is 5.27. The lowest BCUT2D eigenvalue weighted by atomic mass is 10.4. The molecule has 0 aromatic carbocycles. The third-order valence-corrected chi connectivity index (χ3v) is 2.02. The second-order valence-corrected chi connectivity index (χ2v) is 3.27. The highest BCUT2D eigenvalue weighted by atomic mass is 16.6. The maximum absolute atomic E-state index is 11.0. The van der Waals surface area contributed by atoms with Crippen molar-refractivity contribution in [2.75, 3.05) is 37.4 Å². The third-order valence-electron chi connectivity index (χ3n) is 2.02. The molecule has 2 N–H and O–H groups in total. The number of aromatic nitrogens is 2. The van der Waals surface area contributed by atoms with Crippen LogP contribution in [0.4, 0.5) is 17.3 Å². The molecule has 0 bridgehead atoms. The average Bonchev–Trinajstić information content (AvgIpc) is 2.36. The van der Waals surface area contributed by atoms with E-state index < -0.39 is 4.92 Å². The van der Waals surface area contributed by atoms with Gasteiger partial charge in [-0.2, -0.15) is 0 Å². The average molecular weight is 253 g/mol. The van der Waals surface area contributed by atoms with Gasteiger partial charge in [0, 0.05) is 20.2 Å². The van der Waals surface area contributed by atoms with Crippen molar-refractivity contribution in [2.24, 2.45) is 0 Å². The number of rotatable bonds is 8. The van der Waals surface area contributed by atoms with Gasteiger partial charge in [-0.1, -0.05) is 6.08 Å². The number of nitrogens with zero attached hydrogens (tertiary/aromatic N) is 3.